The van der Waals surface area contributed by atoms with Crippen molar-refractivity contribution in [2.75, 3.05) is 19.8 Å². The van der Waals surface area contributed by atoms with Gasteiger partial charge in [0.2, 0.25) is 0 Å². The van der Waals surface area contributed by atoms with Gasteiger partial charge in [0, 0.05) is 12.1 Å². The molecule has 0 aliphatic carbocycles. The van der Waals surface area contributed by atoms with Gasteiger partial charge in [0.15, 0.2) is 17.3 Å². The van der Waals surface area contributed by atoms with Gasteiger partial charge in [-0.15, -0.1) is 0 Å². The van der Waals surface area contributed by atoms with Gasteiger partial charge in [-0.2, -0.15) is 0 Å². The van der Waals surface area contributed by atoms with E-state index in [0.717, 1.165) is 0 Å². The van der Waals surface area contributed by atoms with Crippen molar-refractivity contribution in [3.63, 3.8) is 0 Å². The summed E-state index contributed by atoms with van der Waals surface area (Å²) in [7, 11) is 0. The molecule has 0 fully saturated rings. The average Bonchev–Trinajstić information content (AvgIpc) is 2.56. The first-order valence-corrected chi connectivity index (χ1v) is 7.41. The Morgan fingerprint density at radius 2 is 1.77 bits per heavy atom. The molecule has 2 aromatic carbocycles. The van der Waals surface area contributed by atoms with Crippen molar-refractivity contribution < 1.29 is 14.3 Å². The smallest absolute Gasteiger partial charge is 0.176 e. The number of aryl methyl sites for hydroxylation is 1. The van der Waals surface area contributed by atoms with E-state index < -0.39 is 0 Å². The number of ketones is 1. The van der Waals surface area contributed by atoms with E-state index in [2.05, 4.69) is 36.5 Å². The zero-order valence-electron chi connectivity index (χ0n) is 12.6. The molecule has 1 aliphatic heterocycles. The quantitative estimate of drug-likeness (QED) is 0.862. The summed E-state index contributed by atoms with van der Waals surface area (Å²) in [4.78, 5) is 12.2. The summed E-state index contributed by atoms with van der Waals surface area (Å²) < 4.78 is 11.0. The molecule has 0 aromatic heterocycles. The van der Waals surface area contributed by atoms with Crippen molar-refractivity contribution in [1.82, 2.24) is 5.32 Å². The predicted molar refractivity (Wildman–Crippen MR) is 84.6 cm³/mol. The zero-order valence-corrected chi connectivity index (χ0v) is 12.6. The van der Waals surface area contributed by atoms with Crippen LogP contribution in [0, 0.1) is 6.92 Å². The summed E-state index contributed by atoms with van der Waals surface area (Å²) in [6.45, 7) is 4.11. The highest BCUT2D eigenvalue weighted by atomic mass is 16.6. The fraction of sp³-hybridized carbons (Fsp3) is 0.278. The second-order valence-corrected chi connectivity index (χ2v) is 5.37. The van der Waals surface area contributed by atoms with E-state index in [1.54, 1.807) is 18.2 Å². The zero-order chi connectivity index (χ0) is 15.4. The summed E-state index contributed by atoms with van der Waals surface area (Å²) in [5, 5.41) is 3.18. The lowest BCUT2D eigenvalue weighted by atomic mass is 10.1. The van der Waals surface area contributed by atoms with E-state index in [1.807, 2.05) is 0 Å². The molecule has 1 N–H and O–H groups in total. The average molecular weight is 297 g/mol. The minimum absolute atomic E-state index is 0.0454. The molecule has 0 radical (unpaired) electrons. The Balaban J connectivity index is 1.56. The number of hydrogen-bond acceptors (Lipinski definition) is 4. The van der Waals surface area contributed by atoms with Crippen LogP contribution in [0.1, 0.15) is 21.5 Å². The Bertz CT molecular complexity index is 665. The van der Waals surface area contributed by atoms with E-state index >= 15 is 0 Å². The lowest BCUT2D eigenvalue weighted by Crippen LogP contribution is -2.23. The lowest BCUT2D eigenvalue weighted by Gasteiger charge is -2.18. The second kappa shape index (κ2) is 6.62. The third kappa shape index (κ3) is 3.46. The van der Waals surface area contributed by atoms with Crippen molar-refractivity contribution in [3.8, 4) is 11.5 Å². The first-order chi connectivity index (χ1) is 10.7. The third-order valence-corrected chi connectivity index (χ3v) is 3.60. The van der Waals surface area contributed by atoms with Crippen molar-refractivity contribution >= 4 is 5.78 Å². The van der Waals surface area contributed by atoms with Crippen LogP contribution >= 0.6 is 0 Å². The molecule has 0 spiro atoms. The Kier molecular flexibility index (Phi) is 4.39. The number of Topliss-reactive ketones (excluding diaryl/α,β-unsaturated/α-hetero) is 1. The van der Waals surface area contributed by atoms with Crippen molar-refractivity contribution in [2.45, 2.75) is 13.5 Å². The van der Waals surface area contributed by atoms with Gasteiger partial charge in [0.1, 0.15) is 13.2 Å². The fourth-order valence-corrected chi connectivity index (χ4v) is 2.35. The fourth-order valence-electron chi connectivity index (χ4n) is 2.35. The maximum atomic E-state index is 12.2. The van der Waals surface area contributed by atoms with Crippen molar-refractivity contribution in [1.29, 1.82) is 0 Å². The SMILES string of the molecule is Cc1ccc(CNCC(=O)c2ccc3c(c2)OCCO3)cc1. The van der Waals surface area contributed by atoms with Gasteiger partial charge in [0.05, 0.1) is 6.54 Å². The molecule has 1 aliphatic rings. The maximum absolute atomic E-state index is 12.2. The molecule has 4 nitrogen and oxygen atoms in total. The summed E-state index contributed by atoms with van der Waals surface area (Å²) in [5.74, 6) is 1.40. The highest BCUT2D eigenvalue weighted by Crippen LogP contribution is 2.30. The molecule has 0 atom stereocenters. The van der Waals surface area contributed by atoms with Gasteiger partial charge < -0.3 is 14.8 Å². The first kappa shape index (κ1) is 14.6. The van der Waals surface area contributed by atoms with E-state index in [9.17, 15) is 4.79 Å². The van der Waals surface area contributed by atoms with Crippen LogP contribution in [0.3, 0.4) is 0 Å². The van der Waals surface area contributed by atoms with E-state index in [1.165, 1.54) is 11.1 Å². The van der Waals surface area contributed by atoms with Gasteiger partial charge in [-0.05, 0) is 30.7 Å². The number of benzene rings is 2. The van der Waals surface area contributed by atoms with Crippen LogP contribution in [-0.4, -0.2) is 25.5 Å². The first-order valence-electron chi connectivity index (χ1n) is 7.41. The Morgan fingerprint density at radius 1 is 1.05 bits per heavy atom. The van der Waals surface area contributed by atoms with Gasteiger partial charge in [-0.25, -0.2) is 0 Å². The number of hydrogen-bond donors (Lipinski definition) is 1. The number of nitrogens with one attached hydrogen (secondary N) is 1. The number of ether oxygens (including phenoxy) is 2. The maximum Gasteiger partial charge on any atom is 0.176 e. The lowest BCUT2D eigenvalue weighted by molar-refractivity contribution is 0.0989. The highest BCUT2D eigenvalue weighted by molar-refractivity contribution is 5.98. The molecule has 1 heterocycles. The molecule has 2 aromatic rings. The van der Waals surface area contributed by atoms with E-state index in [4.69, 9.17) is 9.47 Å². The van der Waals surface area contributed by atoms with Crippen LogP contribution in [0.4, 0.5) is 0 Å². The number of carbonyl (C=O) groups is 1. The molecule has 0 bridgehead atoms. The highest BCUT2D eigenvalue weighted by Gasteiger charge is 2.14. The molecule has 4 heteroatoms. The van der Waals surface area contributed by atoms with Crippen LogP contribution in [-0.2, 0) is 6.54 Å². The molecule has 22 heavy (non-hydrogen) atoms. The molecule has 0 unspecified atom stereocenters. The molecule has 3 rings (SSSR count). The second-order valence-electron chi connectivity index (χ2n) is 5.37. The van der Waals surface area contributed by atoms with Crippen LogP contribution in [0.2, 0.25) is 0 Å². The Labute approximate surface area is 130 Å². The summed E-state index contributed by atoms with van der Waals surface area (Å²) in [6, 6.07) is 13.6. The summed E-state index contributed by atoms with van der Waals surface area (Å²) >= 11 is 0. The Morgan fingerprint density at radius 3 is 2.55 bits per heavy atom. The van der Waals surface area contributed by atoms with Gasteiger partial charge in [0.25, 0.3) is 0 Å². The molecule has 114 valence electrons. The van der Waals surface area contributed by atoms with Gasteiger partial charge in [-0.1, -0.05) is 29.8 Å². The standard InChI is InChI=1S/C18H19NO3/c1-13-2-4-14(5-3-13)11-19-12-16(20)15-6-7-17-18(10-15)22-9-8-21-17/h2-7,10,19H,8-9,11-12H2,1H3. The number of carbonyl (C=O) groups excluding carboxylic acids is 1. The third-order valence-electron chi connectivity index (χ3n) is 3.60. The summed E-state index contributed by atoms with van der Waals surface area (Å²) in [5.41, 5.74) is 3.04. The van der Waals surface area contributed by atoms with Crippen LogP contribution in [0.25, 0.3) is 0 Å². The molecule has 0 amide bonds. The van der Waals surface area contributed by atoms with Crippen LogP contribution in [0.5, 0.6) is 11.5 Å². The molecular formula is C18H19NO3. The topological polar surface area (TPSA) is 47.6 Å². The molecular weight excluding hydrogens is 278 g/mol. The minimum atomic E-state index is 0.0454. The Hall–Kier alpha value is -2.33. The predicted octanol–water partition coefficient (Wildman–Crippen LogP) is 2.74. The summed E-state index contributed by atoms with van der Waals surface area (Å²) in [6.07, 6.45) is 0. The molecule has 0 saturated carbocycles. The van der Waals surface area contributed by atoms with Gasteiger partial charge in [-0.3, -0.25) is 4.79 Å². The largest absolute Gasteiger partial charge is 0.486 e. The van der Waals surface area contributed by atoms with Gasteiger partial charge >= 0.3 is 0 Å². The monoisotopic (exact) mass is 297 g/mol. The minimum Gasteiger partial charge on any atom is -0.486 e. The normalized spacial score (nSPS) is 13.0. The van der Waals surface area contributed by atoms with E-state index in [-0.39, 0.29) is 5.78 Å². The van der Waals surface area contributed by atoms with Crippen LogP contribution < -0.4 is 14.8 Å². The number of fused-ring (bicyclic) bond motifs is 1. The number of rotatable bonds is 5. The van der Waals surface area contributed by atoms with E-state index in [0.29, 0.717) is 43.4 Å². The van der Waals surface area contributed by atoms with Crippen molar-refractivity contribution in [2.24, 2.45) is 0 Å². The molecule has 0 saturated heterocycles. The van der Waals surface area contributed by atoms with Crippen LogP contribution in [0.15, 0.2) is 42.5 Å². The van der Waals surface area contributed by atoms with Crippen molar-refractivity contribution in [3.05, 3.63) is 59.2 Å².